The molecule has 0 atom stereocenters. The molecule has 0 fully saturated rings. The molecule has 0 aliphatic heterocycles. The molecule has 2 rings (SSSR count). The number of hydrogen-bond acceptors (Lipinski definition) is 4. The number of benzene rings is 2. The van der Waals surface area contributed by atoms with Crippen molar-refractivity contribution in [3.63, 3.8) is 0 Å². The SMILES string of the molecule is Cc1cc(Br)c(N)cc1S(=O)(=O)Nc1ccccc1C#N. The van der Waals surface area contributed by atoms with Gasteiger partial charge in [-0.05, 0) is 52.7 Å². The fourth-order valence-electron chi connectivity index (χ4n) is 1.83. The molecular formula is C14H12BrN3O2S. The van der Waals surface area contributed by atoms with Crippen molar-refractivity contribution in [3.8, 4) is 6.07 Å². The molecule has 0 saturated carbocycles. The number of nitrogens with two attached hydrogens (primary N) is 1. The van der Waals surface area contributed by atoms with E-state index in [1.54, 1.807) is 31.2 Å². The highest BCUT2D eigenvalue weighted by atomic mass is 79.9. The number of nitriles is 1. The molecule has 0 aromatic heterocycles. The van der Waals surface area contributed by atoms with Crippen LogP contribution in [0.3, 0.4) is 0 Å². The zero-order chi connectivity index (χ0) is 15.6. The minimum atomic E-state index is -3.82. The summed E-state index contributed by atoms with van der Waals surface area (Å²) in [5.74, 6) is 0. The lowest BCUT2D eigenvalue weighted by Gasteiger charge is -2.12. The molecule has 0 spiro atoms. The van der Waals surface area contributed by atoms with E-state index in [0.29, 0.717) is 15.7 Å². The van der Waals surface area contributed by atoms with Crippen molar-refractivity contribution in [2.24, 2.45) is 0 Å². The Morgan fingerprint density at radius 1 is 1.29 bits per heavy atom. The van der Waals surface area contributed by atoms with Gasteiger partial charge in [0, 0.05) is 10.2 Å². The molecule has 0 aliphatic carbocycles. The van der Waals surface area contributed by atoms with Gasteiger partial charge in [0.05, 0.1) is 16.1 Å². The van der Waals surface area contributed by atoms with Crippen LogP contribution in [-0.2, 0) is 10.0 Å². The Balaban J connectivity index is 2.49. The fourth-order valence-corrected chi connectivity index (χ4v) is 3.63. The number of halogens is 1. The van der Waals surface area contributed by atoms with Gasteiger partial charge in [0.2, 0.25) is 0 Å². The molecule has 0 unspecified atom stereocenters. The first-order valence-electron chi connectivity index (χ1n) is 5.92. The lowest BCUT2D eigenvalue weighted by Crippen LogP contribution is -2.15. The first-order chi connectivity index (χ1) is 9.85. The number of nitrogen functional groups attached to an aromatic ring is 1. The number of aryl methyl sites for hydroxylation is 1. The van der Waals surface area contributed by atoms with Crippen LogP contribution in [-0.4, -0.2) is 8.42 Å². The Kier molecular flexibility index (Phi) is 4.21. The van der Waals surface area contributed by atoms with Gasteiger partial charge in [0.15, 0.2) is 0 Å². The van der Waals surface area contributed by atoms with Crippen molar-refractivity contribution in [2.45, 2.75) is 11.8 Å². The highest BCUT2D eigenvalue weighted by Gasteiger charge is 2.19. The molecule has 0 amide bonds. The number of nitrogens with one attached hydrogen (secondary N) is 1. The first-order valence-corrected chi connectivity index (χ1v) is 8.20. The van der Waals surface area contributed by atoms with Crippen LogP contribution in [0.5, 0.6) is 0 Å². The minimum Gasteiger partial charge on any atom is -0.398 e. The summed E-state index contributed by atoms with van der Waals surface area (Å²) in [5.41, 5.74) is 7.12. The molecule has 3 N–H and O–H groups in total. The van der Waals surface area contributed by atoms with Crippen LogP contribution in [0.25, 0.3) is 0 Å². The molecule has 21 heavy (non-hydrogen) atoms. The summed E-state index contributed by atoms with van der Waals surface area (Å²) in [4.78, 5) is 0.0796. The van der Waals surface area contributed by atoms with Crippen molar-refractivity contribution >= 4 is 37.3 Å². The summed E-state index contributed by atoms with van der Waals surface area (Å²) in [7, 11) is -3.82. The maximum absolute atomic E-state index is 12.5. The first kappa shape index (κ1) is 15.4. The fraction of sp³-hybridized carbons (Fsp3) is 0.0714. The van der Waals surface area contributed by atoms with Gasteiger partial charge >= 0.3 is 0 Å². The van der Waals surface area contributed by atoms with E-state index in [9.17, 15) is 8.42 Å². The maximum atomic E-state index is 12.5. The average molecular weight is 366 g/mol. The van der Waals surface area contributed by atoms with Crippen molar-refractivity contribution in [3.05, 3.63) is 52.0 Å². The molecule has 108 valence electrons. The van der Waals surface area contributed by atoms with Crippen molar-refractivity contribution in [1.82, 2.24) is 0 Å². The van der Waals surface area contributed by atoms with Gasteiger partial charge < -0.3 is 5.73 Å². The predicted molar refractivity (Wildman–Crippen MR) is 85.3 cm³/mol. The highest BCUT2D eigenvalue weighted by molar-refractivity contribution is 9.10. The standard InChI is InChI=1S/C14H12BrN3O2S/c1-9-6-11(15)12(17)7-14(9)21(19,20)18-13-5-3-2-4-10(13)8-16/h2-7,18H,17H2,1H3. The Morgan fingerprint density at radius 3 is 2.62 bits per heavy atom. The zero-order valence-electron chi connectivity index (χ0n) is 11.1. The van der Waals surface area contributed by atoms with Gasteiger partial charge in [0.1, 0.15) is 6.07 Å². The summed E-state index contributed by atoms with van der Waals surface area (Å²) in [6, 6.07) is 11.4. The summed E-state index contributed by atoms with van der Waals surface area (Å²) < 4.78 is 28.0. The largest absolute Gasteiger partial charge is 0.398 e. The number of nitrogens with zero attached hydrogens (tertiary/aromatic N) is 1. The van der Waals surface area contributed by atoms with Crippen LogP contribution in [0.4, 0.5) is 11.4 Å². The Morgan fingerprint density at radius 2 is 1.95 bits per heavy atom. The number of para-hydroxylation sites is 1. The molecule has 0 aliphatic rings. The van der Waals surface area contributed by atoms with E-state index in [2.05, 4.69) is 20.7 Å². The Labute approximate surface area is 131 Å². The Bertz CT molecular complexity index is 842. The van der Waals surface area contributed by atoms with E-state index in [1.807, 2.05) is 6.07 Å². The normalized spacial score (nSPS) is 10.9. The van der Waals surface area contributed by atoms with Gasteiger partial charge in [-0.3, -0.25) is 4.72 Å². The topological polar surface area (TPSA) is 96.0 Å². The van der Waals surface area contributed by atoms with E-state index in [1.165, 1.54) is 12.1 Å². The van der Waals surface area contributed by atoms with E-state index in [0.717, 1.165) is 0 Å². The summed E-state index contributed by atoms with van der Waals surface area (Å²) >= 11 is 3.25. The summed E-state index contributed by atoms with van der Waals surface area (Å²) in [6.07, 6.45) is 0. The van der Waals surface area contributed by atoms with Crippen LogP contribution < -0.4 is 10.5 Å². The average Bonchev–Trinajstić information content (AvgIpc) is 2.43. The number of anilines is 2. The van der Waals surface area contributed by atoms with E-state index in [4.69, 9.17) is 11.0 Å². The third-order valence-corrected chi connectivity index (χ3v) is 5.07. The van der Waals surface area contributed by atoms with Crippen LogP contribution in [0.2, 0.25) is 0 Å². The van der Waals surface area contributed by atoms with E-state index >= 15 is 0 Å². The monoisotopic (exact) mass is 365 g/mol. The van der Waals surface area contributed by atoms with Crippen molar-refractivity contribution in [2.75, 3.05) is 10.5 Å². The van der Waals surface area contributed by atoms with Gasteiger partial charge in [0.25, 0.3) is 10.0 Å². The molecule has 2 aromatic rings. The second kappa shape index (κ2) is 5.76. The molecule has 0 radical (unpaired) electrons. The number of sulfonamides is 1. The smallest absolute Gasteiger partial charge is 0.262 e. The van der Waals surface area contributed by atoms with E-state index < -0.39 is 10.0 Å². The van der Waals surface area contributed by atoms with Crippen LogP contribution in [0.1, 0.15) is 11.1 Å². The molecule has 0 heterocycles. The molecular weight excluding hydrogens is 354 g/mol. The second-order valence-electron chi connectivity index (χ2n) is 4.40. The van der Waals surface area contributed by atoms with Gasteiger partial charge in [-0.2, -0.15) is 5.26 Å². The quantitative estimate of drug-likeness (QED) is 0.817. The van der Waals surface area contributed by atoms with Crippen molar-refractivity contribution in [1.29, 1.82) is 5.26 Å². The number of hydrogen-bond donors (Lipinski definition) is 2. The Hall–Kier alpha value is -2.04. The minimum absolute atomic E-state index is 0.0796. The zero-order valence-corrected chi connectivity index (χ0v) is 13.5. The third-order valence-electron chi connectivity index (χ3n) is 2.88. The summed E-state index contributed by atoms with van der Waals surface area (Å²) in [6.45, 7) is 1.68. The van der Waals surface area contributed by atoms with Gasteiger partial charge in [-0.25, -0.2) is 8.42 Å². The second-order valence-corrected chi connectivity index (χ2v) is 6.91. The van der Waals surface area contributed by atoms with Crippen LogP contribution >= 0.6 is 15.9 Å². The molecule has 7 heteroatoms. The van der Waals surface area contributed by atoms with Crippen LogP contribution in [0, 0.1) is 18.3 Å². The van der Waals surface area contributed by atoms with Gasteiger partial charge in [-0.15, -0.1) is 0 Å². The molecule has 2 aromatic carbocycles. The van der Waals surface area contributed by atoms with Gasteiger partial charge in [-0.1, -0.05) is 12.1 Å². The summed E-state index contributed by atoms with van der Waals surface area (Å²) in [5, 5.41) is 9.01. The third kappa shape index (κ3) is 3.17. The van der Waals surface area contributed by atoms with Crippen LogP contribution in [0.15, 0.2) is 45.8 Å². The lowest BCUT2D eigenvalue weighted by molar-refractivity contribution is 0.600. The van der Waals surface area contributed by atoms with E-state index in [-0.39, 0.29) is 16.1 Å². The lowest BCUT2D eigenvalue weighted by atomic mass is 10.2. The number of rotatable bonds is 3. The maximum Gasteiger partial charge on any atom is 0.262 e. The molecule has 0 bridgehead atoms. The van der Waals surface area contributed by atoms with Crippen molar-refractivity contribution < 1.29 is 8.42 Å². The predicted octanol–water partition coefficient (Wildman–Crippen LogP) is 3.01. The molecule has 5 nitrogen and oxygen atoms in total. The molecule has 0 saturated heterocycles. The highest BCUT2D eigenvalue weighted by Crippen LogP contribution is 2.28.